The molecule has 1 saturated heterocycles. The summed E-state index contributed by atoms with van der Waals surface area (Å²) >= 11 is 0. The van der Waals surface area contributed by atoms with E-state index in [1.165, 1.54) is 6.42 Å². The smallest absolute Gasteiger partial charge is 0.257 e. The maximum Gasteiger partial charge on any atom is 0.257 e. The molecular weight excluding hydrogens is 288 g/mol. The molecule has 1 amide bonds. The average molecular weight is 310 g/mol. The van der Waals surface area contributed by atoms with E-state index in [1.807, 2.05) is 35.2 Å². The monoisotopic (exact) mass is 310 g/mol. The Morgan fingerprint density at radius 1 is 1.04 bits per heavy atom. The molecule has 0 bridgehead atoms. The summed E-state index contributed by atoms with van der Waals surface area (Å²) in [6, 6.07) is 15.2. The van der Waals surface area contributed by atoms with Crippen LogP contribution in [0.3, 0.4) is 0 Å². The number of hydrogen-bond donors (Lipinski definition) is 1. The number of nitrogens with two attached hydrogens (primary N) is 1. The first-order chi connectivity index (χ1) is 11.2. The van der Waals surface area contributed by atoms with Gasteiger partial charge in [-0.3, -0.25) is 4.79 Å². The van der Waals surface area contributed by atoms with Gasteiger partial charge in [0.1, 0.15) is 12.4 Å². The van der Waals surface area contributed by atoms with Gasteiger partial charge in [0.25, 0.3) is 5.91 Å². The van der Waals surface area contributed by atoms with E-state index in [1.54, 1.807) is 18.2 Å². The van der Waals surface area contributed by atoms with Gasteiger partial charge >= 0.3 is 0 Å². The maximum absolute atomic E-state index is 12.7. The number of carbonyl (C=O) groups is 1. The Hall–Kier alpha value is -2.49. The van der Waals surface area contributed by atoms with Crippen molar-refractivity contribution >= 4 is 11.6 Å². The second-order valence-corrected chi connectivity index (χ2v) is 5.88. The Kier molecular flexibility index (Phi) is 4.81. The van der Waals surface area contributed by atoms with Crippen LogP contribution in [-0.4, -0.2) is 23.9 Å². The molecule has 0 atom stereocenters. The van der Waals surface area contributed by atoms with Crippen molar-refractivity contribution in [1.82, 2.24) is 4.90 Å². The van der Waals surface area contributed by atoms with E-state index < -0.39 is 0 Å². The Balaban J connectivity index is 1.78. The number of anilines is 1. The number of benzene rings is 2. The highest BCUT2D eigenvalue weighted by molar-refractivity contribution is 5.97. The first kappa shape index (κ1) is 15.4. The third-order valence-electron chi connectivity index (χ3n) is 4.12. The summed E-state index contributed by atoms with van der Waals surface area (Å²) in [5.74, 6) is 0.595. The number of piperidine rings is 1. The number of amides is 1. The second kappa shape index (κ2) is 7.18. The summed E-state index contributed by atoms with van der Waals surface area (Å²) in [5, 5.41) is 0. The number of ether oxygens (including phenoxy) is 1. The number of nitrogens with zero attached hydrogens (tertiary/aromatic N) is 1. The lowest BCUT2D eigenvalue weighted by atomic mass is 10.1. The lowest BCUT2D eigenvalue weighted by Gasteiger charge is -2.27. The molecule has 0 spiro atoms. The van der Waals surface area contributed by atoms with Crippen molar-refractivity contribution in [1.29, 1.82) is 0 Å². The van der Waals surface area contributed by atoms with E-state index >= 15 is 0 Å². The maximum atomic E-state index is 12.7. The number of hydrogen-bond acceptors (Lipinski definition) is 3. The normalized spacial score (nSPS) is 14.5. The van der Waals surface area contributed by atoms with E-state index in [0.717, 1.165) is 31.5 Å². The fourth-order valence-electron chi connectivity index (χ4n) is 2.84. The van der Waals surface area contributed by atoms with Gasteiger partial charge in [-0.2, -0.15) is 0 Å². The first-order valence-electron chi connectivity index (χ1n) is 8.09. The molecule has 3 rings (SSSR count). The summed E-state index contributed by atoms with van der Waals surface area (Å²) in [7, 11) is 0. The van der Waals surface area contributed by atoms with E-state index in [9.17, 15) is 4.79 Å². The van der Waals surface area contributed by atoms with Gasteiger partial charge in [0.15, 0.2) is 0 Å². The summed E-state index contributed by atoms with van der Waals surface area (Å²) in [6.07, 6.45) is 3.34. The van der Waals surface area contributed by atoms with Gasteiger partial charge in [-0.1, -0.05) is 30.3 Å². The molecule has 1 aliphatic rings. The molecule has 4 heteroatoms. The third-order valence-corrected chi connectivity index (χ3v) is 4.12. The molecule has 2 aromatic rings. The SMILES string of the molecule is Nc1ccc(C(=O)N2CCCCC2)c(OCc2ccccc2)c1. The average Bonchev–Trinajstić information content (AvgIpc) is 2.61. The molecule has 2 N–H and O–H groups in total. The minimum atomic E-state index is 0.0350. The minimum Gasteiger partial charge on any atom is -0.488 e. The zero-order valence-corrected chi connectivity index (χ0v) is 13.2. The fraction of sp³-hybridized carbons (Fsp3) is 0.316. The van der Waals surface area contributed by atoms with Gasteiger partial charge < -0.3 is 15.4 Å². The van der Waals surface area contributed by atoms with Crippen LogP contribution in [0.5, 0.6) is 5.75 Å². The van der Waals surface area contributed by atoms with Crippen molar-refractivity contribution in [3.05, 3.63) is 59.7 Å². The van der Waals surface area contributed by atoms with Crippen molar-refractivity contribution in [2.75, 3.05) is 18.8 Å². The van der Waals surface area contributed by atoms with E-state index in [4.69, 9.17) is 10.5 Å². The van der Waals surface area contributed by atoms with Crippen LogP contribution in [0, 0.1) is 0 Å². The van der Waals surface area contributed by atoms with Crippen molar-refractivity contribution in [2.24, 2.45) is 0 Å². The molecule has 23 heavy (non-hydrogen) atoms. The Bertz CT molecular complexity index is 664. The zero-order chi connectivity index (χ0) is 16.1. The molecular formula is C19H22N2O2. The highest BCUT2D eigenvalue weighted by atomic mass is 16.5. The van der Waals surface area contributed by atoms with E-state index in [-0.39, 0.29) is 5.91 Å². The molecule has 0 unspecified atom stereocenters. The van der Waals surface area contributed by atoms with Gasteiger partial charge in [0.2, 0.25) is 0 Å². The first-order valence-corrected chi connectivity index (χ1v) is 8.09. The van der Waals surface area contributed by atoms with Gasteiger partial charge in [-0.25, -0.2) is 0 Å². The number of rotatable bonds is 4. The van der Waals surface area contributed by atoms with Gasteiger partial charge in [-0.15, -0.1) is 0 Å². The van der Waals surface area contributed by atoms with Crippen molar-refractivity contribution in [3.8, 4) is 5.75 Å². The second-order valence-electron chi connectivity index (χ2n) is 5.88. The molecule has 120 valence electrons. The number of likely N-dealkylation sites (tertiary alicyclic amines) is 1. The molecule has 4 nitrogen and oxygen atoms in total. The molecule has 0 aliphatic carbocycles. The molecule has 0 radical (unpaired) electrons. The van der Waals surface area contributed by atoms with Crippen molar-refractivity contribution in [2.45, 2.75) is 25.9 Å². The van der Waals surface area contributed by atoms with Crippen LogP contribution in [0.15, 0.2) is 48.5 Å². The number of nitrogen functional groups attached to an aromatic ring is 1. The quantitative estimate of drug-likeness (QED) is 0.880. The topological polar surface area (TPSA) is 55.6 Å². The van der Waals surface area contributed by atoms with Crippen LogP contribution in [0.2, 0.25) is 0 Å². The van der Waals surface area contributed by atoms with Gasteiger partial charge in [-0.05, 0) is 37.0 Å². The van der Waals surface area contributed by atoms with Crippen LogP contribution in [0.1, 0.15) is 35.2 Å². The molecule has 2 aromatic carbocycles. The predicted molar refractivity (Wildman–Crippen MR) is 91.4 cm³/mol. The highest BCUT2D eigenvalue weighted by Gasteiger charge is 2.21. The van der Waals surface area contributed by atoms with Crippen molar-refractivity contribution < 1.29 is 9.53 Å². The molecule has 0 aromatic heterocycles. The van der Waals surface area contributed by atoms with E-state index in [2.05, 4.69) is 0 Å². The predicted octanol–water partition coefficient (Wildman–Crippen LogP) is 3.47. The molecule has 1 heterocycles. The summed E-state index contributed by atoms with van der Waals surface area (Å²) in [5.41, 5.74) is 8.13. The zero-order valence-electron chi connectivity index (χ0n) is 13.2. The van der Waals surface area contributed by atoms with Gasteiger partial charge in [0, 0.05) is 24.8 Å². The molecule has 0 saturated carbocycles. The highest BCUT2D eigenvalue weighted by Crippen LogP contribution is 2.25. The standard InChI is InChI=1S/C19H22N2O2/c20-16-9-10-17(19(22)21-11-5-2-6-12-21)18(13-16)23-14-15-7-3-1-4-8-15/h1,3-4,7-10,13H,2,5-6,11-12,14,20H2. The molecule has 1 aliphatic heterocycles. The Morgan fingerprint density at radius 2 is 1.78 bits per heavy atom. The fourth-order valence-corrected chi connectivity index (χ4v) is 2.84. The summed E-state index contributed by atoms with van der Waals surface area (Å²) < 4.78 is 5.89. The lowest BCUT2D eigenvalue weighted by molar-refractivity contribution is 0.0719. The van der Waals surface area contributed by atoms with Crippen molar-refractivity contribution in [3.63, 3.8) is 0 Å². The summed E-state index contributed by atoms with van der Waals surface area (Å²) in [4.78, 5) is 14.7. The van der Waals surface area contributed by atoms with Crippen LogP contribution in [0.25, 0.3) is 0 Å². The molecule has 1 fully saturated rings. The largest absolute Gasteiger partial charge is 0.488 e. The van der Waals surface area contributed by atoms with E-state index in [0.29, 0.717) is 23.6 Å². The van der Waals surface area contributed by atoms with Gasteiger partial charge in [0.05, 0.1) is 5.56 Å². The third kappa shape index (κ3) is 3.83. The Morgan fingerprint density at radius 3 is 2.52 bits per heavy atom. The number of carbonyl (C=O) groups excluding carboxylic acids is 1. The van der Waals surface area contributed by atoms with Crippen LogP contribution in [-0.2, 0) is 6.61 Å². The Labute approximate surface area is 136 Å². The lowest BCUT2D eigenvalue weighted by Crippen LogP contribution is -2.35. The minimum absolute atomic E-state index is 0.0350. The van der Waals surface area contributed by atoms with Crippen LogP contribution in [0.4, 0.5) is 5.69 Å². The summed E-state index contributed by atoms with van der Waals surface area (Å²) in [6.45, 7) is 2.06. The van der Waals surface area contributed by atoms with Crippen LogP contribution >= 0.6 is 0 Å². The van der Waals surface area contributed by atoms with Crippen LogP contribution < -0.4 is 10.5 Å².